The second-order valence-electron chi connectivity index (χ2n) is 7.79. The molecule has 0 radical (unpaired) electrons. The summed E-state index contributed by atoms with van der Waals surface area (Å²) in [5.74, 6) is -0.776. The first-order valence-corrected chi connectivity index (χ1v) is 11.3. The van der Waals surface area contributed by atoms with Gasteiger partial charge in [0.1, 0.15) is 5.57 Å². The lowest BCUT2D eigenvalue weighted by molar-refractivity contribution is -0.143. The molecule has 4 amide bonds. The lowest BCUT2D eigenvalue weighted by Crippen LogP contribution is -2.54. The van der Waals surface area contributed by atoms with Crippen LogP contribution in [0, 0.1) is 0 Å². The highest BCUT2D eigenvalue weighted by atomic mass is 16.7. The van der Waals surface area contributed by atoms with E-state index in [1.807, 2.05) is 0 Å². The Morgan fingerprint density at radius 1 is 1.14 bits per heavy atom. The third-order valence-electron chi connectivity index (χ3n) is 5.41. The number of rotatable bonds is 9. The molecule has 0 atom stereocenters. The van der Waals surface area contributed by atoms with Gasteiger partial charge in [0.2, 0.25) is 6.79 Å². The predicted octanol–water partition coefficient (Wildman–Crippen LogP) is 2.76. The molecule has 192 valence electrons. The van der Waals surface area contributed by atoms with Gasteiger partial charge in [0, 0.05) is 11.6 Å². The summed E-state index contributed by atoms with van der Waals surface area (Å²) < 4.78 is 26.6. The molecule has 1 fully saturated rings. The molecule has 0 saturated carbocycles. The zero-order valence-electron chi connectivity index (χ0n) is 20.2. The number of amides is 4. The van der Waals surface area contributed by atoms with E-state index in [0.717, 1.165) is 4.90 Å². The molecule has 0 spiro atoms. The minimum Gasteiger partial charge on any atom is -0.490 e. The highest BCUT2D eigenvalue weighted by molar-refractivity contribution is 6.39. The first-order chi connectivity index (χ1) is 17.9. The number of carbonyl (C=O) groups is 4. The molecule has 11 heteroatoms. The second-order valence-corrected chi connectivity index (χ2v) is 7.79. The van der Waals surface area contributed by atoms with E-state index in [4.69, 9.17) is 18.9 Å². The summed E-state index contributed by atoms with van der Waals surface area (Å²) in [4.78, 5) is 51.0. The molecule has 0 unspecified atom stereocenters. The Bertz CT molecular complexity index is 1320. The number of barbiturate groups is 1. The summed E-state index contributed by atoms with van der Waals surface area (Å²) in [6, 6.07) is 6.92. The number of hydrogen-bond acceptors (Lipinski definition) is 9. The number of imide groups is 2. The first kappa shape index (κ1) is 25.3. The van der Waals surface area contributed by atoms with Crippen molar-refractivity contribution in [3.63, 3.8) is 0 Å². The van der Waals surface area contributed by atoms with Crippen LogP contribution >= 0.6 is 0 Å². The lowest BCUT2D eigenvalue weighted by Gasteiger charge is -2.26. The second kappa shape index (κ2) is 10.9. The van der Waals surface area contributed by atoms with E-state index in [2.05, 4.69) is 16.6 Å². The van der Waals surface area contributed by atoms with Gasteiger partial charge in [-0.25, -0.2) is 14.5 Å². The van der Waals surface area contributed by atoms with E-state index in [9.17, 15) is 19.2 Å². The van der Waals surface area contributed by atoms with E-state index >= 15 is 0 Å². The highest BCUT2D eigenvalue weighted by Gasteiger charge is 2.37. The Balaban J connectivity index is 1.72. The van der Waals surface area contributed by atoms with Crippen molar-refractivity contribution >= 4 is 35.6 Å². The average Bonchev–Trinajstić information content (AvgIpc) is 3.34. The average molecular weight is 508 g/mol. The van der Waals surface area contributed by atoms with Crippen LogP contribution in [0.3, 0.4) is 0 Å². The number of nitrogens with one attached hydrogen (secondary N) is 1. The molecule has 2 aromatic carbocycles. The van der Waals surface area contributed by atoms with Gasteiger partial charge < -0.3 is 23.7 Å². The summed E-state index contributed by atoms with van der Waals surface area (Å²) in [6.07, 6.45) is 3.32. The normalized spacial score (nSPS) is 15.5. The number of nitrogens with zero attached hydrogens (tertiary/aromatic N) is 1. The number of methoxy groups -OCH3 is 1. The summed E-state index contributed by atoms with van der Waals surface area (Å²) in [5.41, 5.74) is 0.972. The van der Waals surface area contributed by atoms with Crippen LogP contribution in [0.2, 0.25) is 0 Å². The summed E-state index contributed by atoms with van der Waals surface area (Å²) in [6.45, 7) is 5.49. The van der Waals surface area contributed by atoms with Crippen molar-refractivity contribution in [3.05, 3.63) is 59.7 Å². The quantitative estimate of drug-likeness (QED) is 0.235. The van der Waals surface area contributed by atoms with E-state index in [1.165, 1.54) is 25.3 Å². The molecule has 2 heterocycles. The van der Waals surface area contributed by atoms with Crippen LogP contribution in [0.15, 0.2) is 48.6 Å². The number of benzene rings is 2. The number of allylic oxidation sites excluding steroid dienone is 1. The molecule has 11 nitrogen and oxygen atoms in total. The SMILES string of the molecule is C=CCc1cc(/C=C2\C(=O)NC(=O)N(c3ccc4c(c3)OCO4)C2=O)cc(OCC)c1OCC(=O)OC. The van der Waals surface area contributed by atoms with Crippen LogP contribution in [0.5, 0.6) is 23.0 Å². The van der Waals surface area contributed by atoms with Gasteiger partial charge in [-0.2, -0.15) is 0 Å². The van der Waals surface area contributed by atoms with Crippen LogP contribution in [0.4, 0.5) is 10.5 Å². The van der Waals surface area contributed by atoms with Gasteiger partial charge in [0.15, 0.2) is 29.6 Å². The molecule has 1 saturated heterocycles. The van der Waals surface area contributed by atoms with Crippen molar-refractivity contribution in [2.24, 2.45) is 0 Å². The van der Waals surface area contributed by atoms with Gasteiger partial charge in [0.25, 0.3) is 11.8 Å². The zero-order valence-corrected chi connectivity index (χ0v) is 20.2. The van der Waals surface area contributed by atoms with Crippen molar-refractivity contribution in [1.82, 2.24) is 5.32 Å². The first-order valence-electron chi connectivity index (χ1n) is 11.3. The fraction of sp³-hybridized carbons (Fsp3) is 0.231. The molecule has 4 rings (SSSR count). The summed E-state index contributed by atoms with van der Waals surface area (Å²) in [7, 11) is 1.25. The van der Waals surface area contributed by atoms with Crippen LogP contribution in [0.1, 0.15) is 18.1 Å². The Labute approximate surface area is 212 Å². The molecule has 37 heavy (non-hydrogen) atoms. The number of hydrogen-bond donors (Lipinski definition) is 1. The fourth-order valence-corrected chi connectivity index (χ4v) is 3.77. The zero-order chi connectivity index (χ0) is 26.5. The van der Waals surface area contributed by atoms with Gasteiger partial charge >= 0.3 is 12.0 Å². The Hall–Kier alpha value is -4.80. The lowest BCUT2D eigenvalue weighted by atomic mass is 10.0. The van der Waals surface area contributed by atoms with E-state index in [-0.39, 0.29) is 31.3 Å². The number of anilines is 1. The van der Waals surface area contributed by atoms with E-state index < -0.39 is 23.8 Å². The van der Waals surface area contributed by atoms with Crippen LogP contribution in [0.25, 0.3) is 6.08 Å². The van der Waals surface area contributed by atoms with Crippen molar-refractivity contribution in [3.8, 4) is 23.0 Å². The molecular formula is C26H24N2O9. The number of esters is 1. The maximum absolute atomic E-state index is 13.3. The maximum Gasteiger partial charge on any atom is 0.343 e. The molecule has 0 bridgehead atoms. The van der Waals surface area contributed by atoms with Gasteiger partial charge in [-0.05, 0) is 49.2 Å². The Morgan fingerprint density at radius 2 is 1.92 bits per heavy atom. The topological polar surface area (TPSA) is 130 Å². The maximum atomic E-state index is 13.3. The van der Waals surface area contributed by atoms with Crippen molar-refractivity contribution in [1.29, 1.82) is 0 Å². The van der Waals surface area contributed by atoms with Crippen molar-refractivity contribution in [2.45, 2.75) is 13.3 Å². The Kier molecular flexibility index (Phi) is 7.42. The van der Waals surface area contributed by atoms with Crippen LogP contribution in [-0.4, -0.2) is 50.9 Å². The number of ether oxygens (including phenoxy) is 5. The molecule has 2 aliphatic rings. The minimum absolute atomic E-state index is 0.0249. The third-order valence-corrected chi connectivity index (χ3v) is 5.41. The third kappa shape index (κ3) is 5.25. The van der Waals surface area contributed by atoms with Crippen molar-refractivity contribution in [2.75, 3.05) is 32.0 Å². The highest BCUT2D eigenvalue weighted by Crippen LogP contribution is 2.37. The minimum atomic E-state index is -0.889. The van der Waals surface area contributed by atoms with Crippen LogP contribution < -0.4 is 29.2 Å². The summed E-state index contributed by atoms with van der Waals surface area (Å²) >= 11 is 0. The monoisotopic (exact) mass is 508 g/mol. The smallest absolute Gasteiger partial charge is 0.343 e. The summed E-state index contributed by atoms with van der Waals surface area (Å²) in [5, 5.41) is 2.19. The van der Waals surface area contributed by atoms with Gasteiger partial charge in [-0.3, -0.25) is 14.9 Å². The van der Waals surface area contributed by atoms with Gasteiger partial charge in [-0.1, -0.05) is 6.08 Å². The Morgan fingerprint density at radius 3 is 2.65 bits per heavy atom. The fourth-order valence-electron chi connectivity index (χ4n) is 3.77. The largest absolute Gasteiger partial charge is 0.490 e. The molecule has 2 aromatic rings. The van der Waals surface area contributed by atoms with E-state index in [0.29, 0.717) is 40.5 Å². The molecule has 2 aliphatic heterocycles. The number of fused-ring (bicyclic) bond motifs is 1. The standard InChI is InChI=1S/C26H24N2O9/c1-4-6-16-9-15(11-21(34-5-2)23(16)35-13-22(29)33-3)10-18-24(30)27-26(32)28(25(18)31)17-7-8-19-20(12-17)37-14-36-19/h4,7-12H,1,5-6,13-14H2,2-3H3,(H,27,30,32)/b18-10+. The molecule has 0 aliphatic carbocycles. The van der Waals surface area contributed by atoms with Gasteiger partial charge in [0.05, 0.1) is 19.4 Å². The molecule has 1 N–H and O–H groups in total. The van der Waals surface area contributed by atoms with E-state index in [1.54, 1.807) is 31.2 Å². The van der Waals surface area contributed by atoms with Crippen LogP contribution in [-0.2, 0) is 25.5 Å². The number of urea groups is 1. The molecular weight excluding hydrogens is 484 g/mol. The number of carbonyl (C=O) groups excluding carboxylic acids is 4. The van der Waals surface area contributed by atoms with Gasteiger partial charge in [-0.15, -0.1) is 6.58 Å². The van der Waals surface area contributed by atoms with Crippen molar-refractivity contribution < 1.29 is 42.9 Å². The molecule has 0 aromatic heterocycles. The predicted molar refractivity (Wildman–Crippen MR) is 131 cm³/mol.